The van der Waals surface area contributed by atoms with Gasteiger partial charge in [0.25, 0.3) is 0 Å². The second kappa shape index (κ2) is 27.7. The van der Waals surface area contributed by atoms with Crippen molar-refractivity contribution in [1.29, 1.82) is 0 Å². The van der Waals surface area contributed by atoms with Gasteiger partial charge in [-0.2, -0.15) is 40.5 Å². The van der Waals surface area contributed by atoms with Crippen LogP contribution in [0.15, 0.2) is 0 Å². The molecule has 5 heteroatoms. The first-order valence-corrected chi connectivity index (χ1v) is 0. The van der Waals surface area contributed by atoms with Gasteiger partial charge in [0.1, 0.15) is 0 Å². The van der Waals surface area contributed by atoms with Crippen molar-refractivity contribution < 1.29 is 0 Å². The van der Waals surface area contributed by atoms with Crippen molar-refractivity contribution in [2.24, 2.45) is 0 Å². The normalized spacial score (nSPS) is 0. The standard InChI is InChI=1S/2Na.3H2S.2H/h;;3*1H2;;. The van der Waals surface area contributed by atoms with E-state index in [9.17, 15) is 0 Å². The molecule has 0 spiro atoms. The van der Waals surface area contributed by atoms with Gasteiger partial charge >= 0.3 is 59.1 Å². The average Bonchev–Trinajstić information content (AvgIpc) is 0. The molecule has 0 aliphatic carbocycles. The van der Waals surface area contributed by atoms with Gasteiger partial charge in [0.05, 0.1) is 0 Å². The van der Waals surface area contributed by atoms with E-state index in [2.05, 4.69) is 0 Å². The van der Waals surface area contributed by atoms with Crippen molar-refractivity contribution in [2.75, 3.05) is 0 Å². The maximum absolute atomic E-state index is 0. The van der Waals surface area contributed by atoms with Crippen LogP contribution in [0.4, 0.5) is 0 Å². The van der Waals surface area contributed by atoms with Gasteiger partial charge in [0, 0.05) is 0 Å². The van der Waals surface area contributed by atoms with Crippen LogP contribution >= 0.6 is 40.5 Å². The van der Waals surface area contributed by atoms with Crippen molar-refractivity contribution in [3.05, 3.63) is 0 Å². The van der Waals surface area contributed by atoms with Crippen molar-refractivity contribution in [1.82, 2.24) is 0 Å². The molecule has 0 radical (unpaired) electrons. The Morgan fingerprint density at radius 1 is 0.400 bits per heavy atom. The van der Waals surface area contributed by atoms with Crippen LogP contribution in [0.5, 0.6) is 0 Å². The minimum atomic E-state index is 0. The third kappa shape index (κ3) is 19.3. The Morgan fingerprint density at radius 3 is 0.400 bits per heavy atom. The van der Waals surface area contributed by atoms with Crippen LogP contribution in [-0.2, 0) is 0 Å². The Balaban J connectivity index is 0. The third-order valence-electron chi connectivity index (χ3n) is 0. The third-order valence-corrected chi connectivity index (χ3v) is 0. The summed E-state index contributed by atoms with van der Waals surface area (Å²) in [5.41, 5.74) is 0. The Labute approximate surface area is 97.8 Å². The monoisotopic (exact) mass is 150 g/mol. The molecule has 0 aromatic rings. The first-order valence-electron chi connectivity index (χ1n) is 0. The van der Waals surface area contributed by atoms with Gasteiger partial charge in [-0.15, -0.1) is 0 Å². The van der Waals surface area contributed by atoms with Crippen LogP contribution in [0.25, 0.3) is 0 Å². The summed E-state index contributed by atoms with van der Waals surface area (Å²) in [5, 5.41) is 0. The van der Waals surface area contributed by atoms with E-state index in [1.54, 1.807) is 0 Å². The SMILES string of the molecule is S.S.S.[NaH].[NaH]. The Bertz CT molecular complexity index is 4.85. The van der Waals surface area contributed by atoms with E-state index < -0.39 is 0 Å². The van der Waals surface area contributed by atoms with E-state index in [1.807, 2.05) is 0 Å². The Kier molecular flexibility index (Phi) is 239. The van der Waals surface area contributed by atoms with Crippen LogP contribution in [0.3, 0.4) is 0 Å². The van der Waals surface area contributed by atoms with E-state index in [1.165, 1.54) is 0 Å². The van der Waals surface area contributed by atoms with Gasteiger partial charge in [-0.1, -0.05) is 0 Å². The van der Waals surface area contributed by atoms with Crippen LogP contribution in [0.1, 0.15) is 0 Å². The second-order valence-corrected chi connectivity index (χ2v) is 0. The molecular weight excluding hydrogens is 142 g/mol. The zero-order chi connectivity index (χ0) is 0. The van der Waals surface area contributed by atoms with E-state index in [4.69, 9.17) is 0 Å². The fourth-order valence-electron chi connectivity index (χ4n) is 0. The second-order valence-electron chi connectivity index (χ2n) is 0. The first-order chi connectivity index (χ1) is 0. The summed E-state index contributed by atoms with van der Waals surface area (Å²) in [6.45, 7) is 0. The van der Waals surface area contributed by atoms with Crippen molar-refractivity contribution in [3.8, 4) is 0 Å². The average molecular weight is 150 g/mol. The van der Waals surface area contributed by atoms with Gasteiger partial charge in [-0.3, -0.25) is 0 Å². The molecule has 28 valence electrons. The molecule has 0 bridgehead atoms. The molecule has 0 rings (SSSR count). The zero-order valence-electron chi connectivity index (χ0n) is 1.50. The van der Waals surface area contributed by atoms with Gasteiger partial charge < -0.3 is 0 Å². The number of hydrogen-bond acceptors (Lipinski definition) is 0. The maximum atomic E-state index is 0. The summed E-state index contributed by atoms with van der Waals surface area (Å²) in [5.74, 6) is 0. The van der Waals surface area contributed by atoms with Crippen LogP contribution in [0, 0.1) is 0 Å². The molecule has 0 amide bonds. The fraction of sp³-hybridized carbons (Fsp3) is 0. The molecule has 0 unspecified atom stereocenters. The summed E-state index contributed by atoms with van der Waals surface area (Å²) < 4.78 is 0. The topological polar surface area (TPSA) is 0 Å². The van der Waals surface area contributed by atoms with Crippen LogP contribution in [0.2, 0.25) is 0 Å². The van der Waals surface area contributed by atoms with E-state index in [-0.39, 0.29) is 99.6 Å². The molecule has 0 fully saturated rings. The predicted octanol–water partition coefficient (Wildman–Crippen LogP) is -0.959. The Morgan fingerprint density at radius 2 is 0.400 bits per heavy atom. The molecule has 0 N–H and O–H groups in total. The van der Waals surface area contributed by atoms with Crippen molar-refractivity contribution >= 4 is 99.6 Å². The predicted molar refractivity (Wildman–Crippen MR) is 45.4 cm³/mol. The molecule has 5 heavy (non-hydrogen) atoms. The van der Waals surface area contributed by atoms with E-state index >= 15 is 0 Å². The summed E-state index contributed by atoms with van der Waals surface area (Å²) in [7, 11) is 0. The summed E-state index contributed by atoms with van der Waals surface area (Å²) >= 11 is 0. The molecule has 0 aromatic carbocycles. The van der Waals surface area contributed by atoms with Crippen molar-refractivity contribution in [3.63, 3.8) is 0 Å². The molecule has 0 atom stereocenters. The minimum absolute atomic E-state index is 0. The molecule has 0 aromatic heterocycles. The summed E-state index contributed by atoms with van der Waals surface area (Å²) in [6.07, 6.45) is 0. The van der Waals surface area contributed by atoms with Gasteiger partial charge in [0.2, 0.25) is 0 Å². The zero-order valence-corrected chi connectivity index (χ0v) is 4.50. The van der Waals surface area contributed by atoms with Crippen LogP contribution in [-0.4, -0.2) is 59.1 Å². The molecule has 0 nitrogen and oxygen atoms in total. The molecular formula is H8Na2S3. The molecule has 0 saturated carbocycles. The fourth-order valence-corrected chi connectivity index (χ4v) is 0. The van der Waals surface area contributed by atoms with Gasteiger partial charge in [-0.25, -0.2) is 0 Å². The molecule has 0 aliphatic heterocycles. The molecule has 0 heterocycles. The summed E-state index contributed by atoms with van der Waals surface area (Å²) in [6, 6.07) is 0. The van der Waals surface area contributed by atoms with Gasteiger partial charge in [0.15, 0.2) is 0 Å². The summed E-state index contributed by atoms with van der Waals surface area (Å²) in [4.78, 5) is 0. The number of hydrogen-bond donors (Lipinski definition) is 0. The Hall–Kier alpha value is 3.05. The molecule has 0 saturated heterocycles. The number of rotatable bonds is 0. The quantitative estimate of drug-likeness (QED) is 0.390. The van der Waals surface area contributed by atoms with Crippen LogP contribution < -0.4 is 0 Å². The van der Waals surface area contributed by atoms with Gasteiger partial charge in [-0.05, 0) is 0 Å². The van der Waals surface area contributed by atoms with Crippen molar-refractivity contribution in [2.45, 2.75) is 0 Å². The van der Waals surface area contributed by atoms with E-state index in [0.717, 1.165) is 0 Å². The van der Waals surface area contributed by atoms with E-state index in [0.29, 0.717) is 0 Å². The first kappa shape index (κ1) is 43.0. The molecule has 0 aliphatic rings.